The molecule has 0 aromatic heterocycles. The van der Waals surface area contributed by atoms with Crippen LogP contribution in [0.2, 0.25) is 0 Å². The molecular formula is C10H13NOS. The molecule has 0 bridgehead atoms. The molecule has 1 aromatic rings. The predicted molar refractivity (Wildman–Crippen MR) is 57.4 cm³/mol. The molecule has 1 aromatic carbocycles. The van der Waals surface area contributed by atoms with Gasteiger partial charge in [0.05, 0.1) is 0 Å². The average molecular weight is 195 g/mol. The molecule has 0 heterocycles. The maximum atomic E-state index is 5.47. The summed E-state index contributed by atoms with van der Waals surface area (Å²) >= 11 is 4.80. The van der Waals surface area contributed by atoms with Crippen molar-refractivity contribution in [3.05, 3.63) is 35.4 Å². The largest absolute Gasteiger partial charge is 0.483 e. The van der Waals surface area contributed by atoms with Crippen molar-refractivity contribution in [1.29, 1.82) is 0 Å². The zero-order chi connectivity index (χ0) is 9.68. The molecule has 0 aliphatic heterocycles. The first kappa shape index (κ1) is 10.2. The van der Waals surface area contributed by atoms with E-state index in [-0.39, 0.29) is 0 Å². The van der Waals surface area contributed by atoms with Crippen LogP contribution >= 0.6 is 12.2 Å². The topological polar surface area (TPSA) is 35.2 Å². The molecule has 0 aliphatic carbocycles. The first-order chi connectivity index (χ1) is 6.22. The highest BCUT2D eigenvalue weighted by molar-refractivity contribution is 7.80. The molecule has 13 heavy (non-hydrogen) atoms. The van der Waals surface area contributed by atoms with Crippen LogP contribution in [0, 0.1) is 0 Å². The number of hydrogen-bond donors (Lipinski definition) is 1. The Hall–Kier alpha value is -0.930. The third-order valence-corrected chi connectivity index (χ3v) is 1.82. The van der Waals surface area contributed by atoms with Crippen LogP contribution in [0.5, 0.6) is 0 Å². The lowest BCUT2D eigenvalue weighted by Gasteiger charge is -2.04. The van der Waals surface area contributed by atoms with E-state index in [9.17, 15) is 0 Å². The van der Waals surface area contributed by atoms with Crippen LogP contribution in [-0.4, -0.2) is 5.05 Å². The molecule has 0 saturated heterocycles. The van der Waals surface area contributed by atoms with Gasteiger partial charge in [0.15, 0.2) is 5.05 Å². The molecule has 0 spiro atoms. The number of rotatable bonds is 3. The lowest BCUT2D eigenvalue weighted by molar-refractivity contribution is 0.298. The second kappa shape index (κ2) is 4.94. The minimum absolute atomic E-state index is 0.542. The minimum Gasteiger partial charge on any atom is -0.483 e. The SMILES string of the molecule is CC(=S)OCc1ccc(CN)cc1. The third-order valence-electron chi connectivity index (χ3n) is 1.70. The van der Waals surface area contributed by atoms with Crippen LogP contribution in [0.1, 0.15) is 18.1 Å². The van der Waals surface area contributed by atoms with Gasteiger partial charge >= 0.3 is 0 Å². The van der Waals surface area contributed by atoms with Crippen LogP contribution in [0.3, 0.4) is 0 Å². The van der Waals surface area contributed by atoms with Gasteiger partial charge in [0, 0.05) is 13.5 Å². The first-order valence-electron chi connectivity index (χ1n) is 4.13. The number of benzene rings is 1. The van der Waals surface area contributed by atoms with E-state index in [1.807, 2.05) is 24.3 Å². The van der Waals surface area contributed by atoms with Crippen LogP contribution in [0.4, 0.5) is 0 Å². The Bertz CT molecular complexity index is 281. The molecule has 70 valence electrons. The fourth-order valence-electron chi connectivity index (χ4n) is 0.957. The normalized spacial score (nSPS) is 9.69. The number of thiocarbonyl (C=S) groups is 1. The van der Waals surface area contributed by atoms with Gasteiger partial charge in [-0.1, -0.05) is 24.3 Å². The van der Waals surface area contributed by atoms with E-state index in [1.54, 1.807) is 6.92 Å². The summed E-state index contributed by atoms with van der Waals surface area (Å²) in [5.41, 5.74) is 7.71. The monoisotopic (exact) mass is 195 g/mol. The van der Waals surface area contributed by atoms with Crippen molar-refractivity contribution in [2.75, 3.05) is 0 Å². The van der Waals surface area contributed by atoms with Gasteiger partial charge in [-0.15, -0.1) is 0 Å². The van der Waals surface area contributed by atoms with Crippen molar-refractivity contribution in [2.45, 2.75) is 20.1 Å². The first-order valence-corrected chi connectivity index (χ1v) is 4.54. The van der Waals surface area contributed by atoms with Gasteiger partial charge in [-0.2, -0.15) is 0 Å². The Kier molecular flexibility index (Phi) is 3.86. The Morgan fingerprint density at radius 3 is 2.31 bits per heavy atom. The highest BCUT2D eigenvalue weighted by Crippen LogP contribution is 2.05. The zero-order valence-corrected chi connectivity index (χ0v) is 8.43. The second-order valence-electron chi connectivity index (χ2n) is 2.80. The van der Waals surface area contributed by atoms with Crippen LogP contribution < -0.4 is 5.73 Å². The average Bonchev–Trinajstić information content (AvgIpc) is 2.15. The number of hydrogen-bond acceptors (Lipinski definition) is 3. The van der Waals surface area contributed by atoms with Crippen LogP contribution in [0.25, 0.3) is 0 Å². The van der Waals surface area contributed by atoms with Gasteiger partial charge in [-0.25, -0.2) is 0 Å². The molecule has 1 rings (SSSR count). The Labute approximate surface area is 83.7 Å². The lowest BCUT2D eigenvalue weighted by Crippen LogP contribution is -1.98. The lowest BCUT2D eigenvalue weighted by atomic mass is 10.1. The summed E-state index contributed by atoms with van der Waals surface area (Å²) in [5, 5.41) is 0.572. The molecule has 2 nitrogen and oxygen atoms in total. The summed E-state index contributed by atoms with van der Waals surface area (Å²) in [7, 11) is 0. The third kappa shape index (κ3) is 3.53. The van der Waals surface area contributed by atoms with E-state index in [0.717, 1.165) is 11.1 Å². The molecule has 0 aliphatic rings. The van der Waals surface area contributed by atoms with Crippen LogP contribution in [-0.2, 0) is 17.9 Å². The maximum Gasteiger partial charge on any atom is 0.157 e. The summed E-state index contributed by atoms with van der Waals surface area (Å²) in [6.45, 7) is 2.89. The maximum absolute atomic E-state index is 5.47. The quantitative estimate of drug-likeness (QED) is 0.749. The molecule has 0 amide bonds. The summed E-state index contributed by atoms with van der Waals surface area (Å²) < 4.78 is 5.20. The van der Waals surface area contributed by atoms with Crippen molar-refractivity contribution in [3.8, 4) is 0 Å². The predicted octanol–water partition coefficient (Wildman–Crippen LogP) is 2.01. The van der Waals surface area contributed by atoms with E-state index >= 15 is 0 Å². The zero-order valence-electron chi connectivity index (χ0n) is 7.62. The fraction of sp³-hybridized carbons (Fsp3) is 0.300. The van der Waals surface area contributed by atoms with E-state index in [0.29, 0.717) is 18.2 Å². The van der Waals surface area contributed by atoms with Crippen molar-refractivity contribution >= 4 is 17.3 Å². The Morgan fingerprint density at radius 1 is 1.31 bits per heavy atom. The van der Waals surface area contributed by atoms with Gasteiger partial charge in [0.2, 0.25) is 0 Å². The molecule has 0 unspecified atom stereocenters. The smallest absolute Gasteiger partial charge is 0.157 e. The second-order valence-corrected chi connectivity index (χ2v) is 3.38. The van der Waals surface area contributed by atoms with E-state index < -0.39 is 0 Å². The van der Waals surface area contributed by atoms with Crippen LogP contribution in [0.15, 0.2) is 24.3 Å². The number of nitrogens with two attached hydrogens (primary N) is 1. The standard InChI is InChI=1S/C10H13NOS/c1-8(13)12-7-10-4-2-9(6-11)3-5-10/h2-5H,6-7,11H2,1H3. The highest BCUT2D eigenvalue weighted by Gasteiger charge is 1.94. The Morgan fingerprint density at radius 2 is 1.85 bits per heavy atom. The summed E-state index contributed by atoms with van der Waals surface area (Å²) in [6, 6.07) is 8.00. The minimum atomic E-state index is 0.542. The van der Waals surface area contributed by atoms with E-state index in [1.165, 1.54) is 0 Å². The summed E-state index contributed by atoms with van der Waals surface area (Å²) in [4.78, 5) is 0. The van der Waals surface area contributed by atoms with Crippen molar-refractivity contribution in [1.82, 2.24) is 0 Å². The molecule has 0 atom stereocenters. The molecule has 0 fully saturated rings. The molecule has 0 radical (unpaired) electrons. The number of ether oxygens (including phenoxy) is 1. The molecule has 2 N–H and O–H groups in total. The van der Waals surface area contributed by atoms with Gasteiger partial charge < -0.3 is 10.5 Å². The molecule has 3 heteroatoms. The van der Waals surface area contributed by atoms with Crippen molar-refractivity contribution in [3.63, 3.8) is 0 Å². The summed E-state index contributed by atoms with van der Waals surface area (Å²) in [5.74, 6) is 0. The van der Waals surface area contributed by atoms with Gasteiger partial charge in [0.25, 0.3) is 0 Å². The molecular weight excluding hydrogens is 182 g/mol. The van der Waals surface area contributed by atoms with Crippen molar-refractivity contribution < 1.29 is 4.74 Å². The molecule has 0 saturated carbocycles. The Balaban J connectivity index is 2.54. The fourth-order valence-corrected chi connectivity index (χ4v) is 1.02. The van der Waals surface area contributed by atoms with Gasteiger partial charge in [0.1, 0.15) is 6.61 Å². The van der Waals surface area contributed by atoms with Gasteiger partial charge in [-0.3, -0.25) is 0 Å². The van der Waals surface area contributed by atoms with E-state index in [2.05, 4.69) is 0 Å². The highest BCUT2D eigenvalue weighted by atomic mass is 32.1. The van der Waals surface area contributed by atoms with Gasteiger partial charge in [-0.05, 0) is 23.3 Å². The van der Waals surface area contributed by atoms with E-state index in [4.69, 9.17) is 22.7 Å². The van der Waals surface area contributed by atoms with Crippen molar-refractivity contribution in [2.24, 2.45) is 5.73 Å². The summed E-state index contributed by atoms with van der Waals surface area (Å²) in [6.07, 6.45) is 0.